The van der Waals surface area contributed by atoms with Crippen molar-refractivity contribution in [2.75, 3.05) is 27.4 Å². The minimum Gasteiger partial charge on any atom is -0.497 e. The van der Waals surface area contributed by atoms with Crippen LogP contribution in [0.5, 0.6) is 5.75 Å². The Labute approximate surface area is 245 Å². The molecule has 0 amide bonds. The summed E-state index contributed by atoms with van der Waals surface area (Å²) in [5, 5.41) is 0.173. The van der Waals surface area contributed by atoms with Crippen molar-refractivity contribution in [3.05, 3.63) is 29.8 Å². The molecule has 1 aromatic rings. The maximum atomic E-state index is 11.6. The lowest BCUT2D eigenvalue weighted by atomic mass is 9.93. The van der Waals surface area contributed by atoms with Crippen molar-refractivity contribution in [1.29, 1.82) is 0 Å². The van der Waals surface area contributed by atoms with Crippen LogP contribution < -0.4 is 4.74 Å². The molecule has 1 fully saturated rings. The molecule has 1 heterocycles. The van der Waals surface area contributed by atoms with Crippen LogP contribution in [0.15, 0.2) is 24.3 Å². The van der Waals surface area contributed by atoms with Gasteiger partial charge in [0.1, 0.15) is 12.0 Å². The van der Waals surface area contributed by atoms with Gasteiger partial charge in [-0.2, -0.15) is 0 Å². The average Bonchev–Trinajstić information content (AvgIpc) is 3.17. The lowest BCUT2D eigenvalue weighted by Gasteiger charge is -2.42. The molecule has 2 rings (SSSR count). The van der Waals surface area contributed by atoms with Gasteiger partial charge in [0.15, 0.2) is 16.6 Å². The highest BCUT2D eigenvalue weighted by Gasteiger charge is 2.47. The fourth-order valence-corrected chi connectivity index (χ4v) is 6.88. The quantitative estimate of drug-likeness (QED) is 0.159. The Balaban J connectivity index is 2.19. The van der Waals surface area contributed by atoms with E-state index in [1.807, 2.05) is 24.3 Å². The number of hydrogen-bond acceptors (Lipinski definition) is 7. The summed E-state index contributed by atoms with van der Waals surface area (Å²) in [6.07, 6.45) is 1.05. The molecule has 5 atom stereocenters. The standard InChI is InChI=1S/C31H56O7Si2/c1-30(2,3)39(9,10)36-21-25(38-40(11,12)31(4,5)6)19-28-29(34-8)26(27(37-28)17-18-32)22-35-20-23-13-15-24(33-7)16-14-23/h13-16,18,25-29H,17,19-22H2,1-12H3/t25-,26-,27-,28+,29+/m0/s1. The minimum atomic E-state index is -2.08. The Morgan fingerprint density at radius 2 is 1.52 bits per heavy atom. The Bertz CT molecular complexity index is 906. The molecule has 7 nitrogen and oxygen atoms in total. The summed E-state index contributed by atoms with van der Waals surface area (Å²) >= 11 is 0. The van der Waals surface area contributed by atoms with Crippen molar-refractivity contribution in [2.45, 2.75) is 122 Å². The van der Waals surface area contributed by atoms with E-state index in [1.54, 1.807) is 14.2 Å². The smallest absolute Gasteiger partial charge is 0.192 e. The van der Waals surface area contributed by atoms with E-state index >= 15 is 0 Å². The van der Waals surface area contributed by atoms with Crippen LogP contribution in [0.3, 0.4) is 0 Å². The van der Waals surface area contributed by atoms with Crippen LogP contribution >= 0.6 is 0 Å². The number of methoxy groups -OCH3 is 2. The SMILES string of the molecule is COc1ccc(COC[C@@H]2[C@@H](OC)[C@@H](C[C@@H](CO[Si](C)(C)C(C)(C)C)O[Si](C)(C)C(C)(C)C)O[C@H]2CC=O)cc1. The van der Waals surface area contributed by atoms with E-state index in [0.29, 0.717) is 32.7 Å². The normalized spacial score (nSPS) is 23.3. The van der Waals surface area contributed by atoms with Crippen LogP contribution in [0.25, 0.3) is 0 Å². The first kappa shape index (κ1) is 35.1. The van der Waals surface area contributed by atoms with Crippen LogP contribution in [0.4, 0.5) is 0 Å². The predicted molar refractivity (Wildman–Crippen MR) is 166 cm³/mol. The third-order valence-corrected chi connectivity index (χ3v) is 18.2. The van der Waals surface area contributed by atoms with Gasteiger partial charge in [-0.1, -0.05) is 53.7 Å². The largest absolute Gasteiger partial charge is 0.497 e. The Morgan fingerprint density at radius 1 is 0.925 bits per heavy atom. The number of aldehydes is 1. The average molecular weight is 597 g/mol. The second kappa shape index (κ2) is 14.4. The molecule has 40 heavy (non-hydrogen) atoms. The van der Waals surface area contributed by atoms with Crippen molar-refractivity contribution < 1.29 is 32.6 Å². The van der Waals surface area contributed by atoms with E-state index in [-0.39, 0.29) is 40.4 Å². The molecule has 230 valence electrons. The molecule has 0 aromatic heterocycles. The molecule has 0 N–H and O–H groups in total. The molecule has 0 aliphatic carbocycles. The monoisotopic (exact) mass is 596 g/mol. The lowest BCUT2D eigenvalue weighted by molar-refractivity contribution is -0.111. The fraction of sp³-hybridized carbons (Fsp3) is 0.774. The van der Waals surface area contributed by atoms with Crippen LogP contribution in [-0.4, -0.2) is 74.8 Å². The number of rotatable bonds is 15. The molecule has 0 saturated carbocycles. The third-order valence-electron chi connectivity index (χ3n) is 9.15. The van der Waals surface area contributed by atoms with Gasteiger partial charge in [-0.25, -0.2) is 0 Å². The van der Waals surface area contributed by atoms with E-state index in [2.05, 4.69) is 67.7 Å². The molecule has 9 heteroatoms. The Morgan fingerprint density at radius 3 is 2.02 bits per heavy atom. The van der Waals surface area contributed by atoms with Crippen molar-refractivity contribution in [2.24, 2.45) is 5.92 Å². The van der Waals surface area contributed by atoms with Gasteiger partial charge in [0, 0.05) is 25.9 Å². The van der Waals surface area contributed by atoms with Gasteiger partial charge in [0.25, 0.3) is 0 Å². The summed E-state index contributed by atoms with van der Waals surface area (Å²) in [6, 6.07) is 7.84. The van der Waals surface area contributed by atoms with Gasteiger partial charge in [0.2, 0.25) is 0 Å². The van der Waals surface area contributed by atoms with Gasteiger partial charge in [0.05, 0.1) is 51.3 Å². The second-order valence-corrected chi connectivity index (χ2v) is 23.7. The molecule has 0 bridgehead atoms. The molecule has 1 aliphatic rings. The number of hydrogen-bond donors (Lipinski definition) is 0. The first-order valence-electron chi connectivity index (χ1n) is 14.6. The van der Waals surface area contributed by atoms with Crippen molar-refractivity contribution >= 4 is 22.9 Å². The van der Waals surface area contributed by atoms with Gasteiger partial charge < -0.3 is 32.6 Å². The topological polar surface area (TPSA) is 72.5 Å². The maximum absolute atomic E-state index is 11.6. The van der Waals surface area contributed by atoms with Crippen molar-refractivity contribution in [3.8, 4) is 5.75 Å². The van der Waals surface area contributed by atoms with Crippen LogP contribution in [-0.2, 0) is 34.5 Å². The van der Waals surface area contributed by atoms with Crippen LogP contribution in [0, 0.1) is 5.92 Å². The summed E-state index contributed by atoms with van der Waals surface area (Å²) in [5.41, 5.74) is 1.06. The van der Waals surface area contributed by atoms with Crippen molar-refractivity contribution in [1.82, 2.24) is 0 Å². The molecular weight excluding hydrogens is 541 g/mol. The number of ether oxygens (including phenoxy) is 4. The van der Waals surface area contributed by atoms with Crippen LogP contribution in [0.1, 0.15) is 59.9 Å². The second-order valence-electron chi connectivity index (χ2n) is 14.1. The highest BCUT2D eigenvalue weighted by Crippen LogP contribution is 2.41. The highest BCUT2D eigenvalue weighted by molar-refractivity contribution is 6.74. The Kier molecular flexibility index (Phi) is 12.6. The summed E-state index contributed by atoms with van der Waals surface area (Å²) in [4.78, 5) is 11.6. The van der Waals surface area contributed by atoms with Gasteiger partial charge in [-0.05, 0) is 54.0 Å². The highest BCUT2D eigenvalue weighted by atomic mass is 28.4. The molecule has 1 saturated heterocycles. The molecule has 0 spiro atoms. The van der Waals surface area contributed by atoms with Crippen molar-refractivity contribution in [3.63, 3.8) is 0 Å². The van der Waals surface area contributed by atoms with E-state index in [0.717, 1.165) is 17.6 Å². The van der Waals surface area contributed by atoms with E-state index in [9.17, 15) is 4.79 Å². The number of carbonyl (C=O) groups excluding carboxylic acids is 1. The first-order valence-corrected chi connectivity index (χ1v) is 20.4. The van der Waals surface area contributed by atoms with Crippen LogP contribution in [0.2, 0.25) is 36.3 Å². The number of carbonyl (C=O) groups is 1. The van der Waals surface area contributed by atoms with Gasteiger partial charge in [-0.3, -0.25) is 0 Å². The minimum absolute atomic E-state index is 0.0618. The maximum Gasteiger partial charge on any atom is 0.192 e. The summed E-state index contributed by atoms with van der Waals surface area (Å²) in [7, 11) is -0.683. The van der Waals surface area contributed by atoms with E-state index < -0.39 is 16.6 Å². The first-order chi connectivity index (χ1) is 18.5. The van der Waals surface area contributed by atoms with E-state index in [4.69, 9.17) is 27.8 Å². The molecule has 1 aliphatic heterocycles. The molecule has 1 aromatic carbocycles. The molecular formula is C31H56O7Si2. The number of benzene rings is 1. The summed E-state index contributed by atoms with van der Waals surface area (Å²) in [6.45, 7) is 24.1. The molecule has 0 unspecified atom stereocenters. The Hall–Kier alpha value is -1.08. The predicted octanol–water partition coefficient (Wildman–Crippen LogP) is 7.00. The van der Waals surface area contributed by atoms with E-state index in [1.165, 1.54) is 0 Å². The lowest BCUT2D eigenvalue weighted by Crippen LogP contribution is -2.49. The zero-order valence-corrected chi connectivity index (χ0v) is 29.2. The van der Waals surface area contributed by atoms with Gasteiger partial charge in [-0.15, -0.1) is 0 Å². The van der Waals surface area contributed by atoms with Gasteiger partial charge >= 0.3 is 0 Å². The fourth-order valence-electron chi connectivity index (χ4n) is 4.49. The third kappa shape index (κ3) is 9.47. The zero-order chi connectivity index (χ0) is 30.4. The molecule has 0 radical (unpaired) electrons. The summed E-state index contributed by atoms with van der Waals surface area (Å²) in [5.74, 6) is 0.751. The summed E-state index contributed by atoms with van der Waals surface area (Å²) < 4.78 is 37.5. The zero-order valence-electron chi connectivity index (χ0n) is 27.2.